The van der Waals surface area contributed by atoms with Crippen molar-refractivity contribution in [2.24, 2.45) is 0 Å². The normalized spacial score (nSPS) is 10.7. The number of nitrogens with zero attached hydrogens (tertiary/aromatic N) is 4. The van der Waals surface area contributed by atoms with Crippen LogP contribution < -0.4 is 0 Å². The third-order valence-corrected chi connectivity index (χ3v) is 2.56. The van der Waals surface area contributed by atoms with E-state index in [4.69, 9.17) is 0 Å². The van der Waals surface area contributed by atoms with Crippen molar-refractivity contribution in [3.63, 3.8) is 0 Å². The number of rotatable bonds is 3. The van der Waals surface area contributed by atoms with Gasteiger partial charge in [0, 0.05) is 30.3 Å². The Morgan fingerprint density at radius 1 is 1.50 bits per heavy atom. The number of hydrogen-bond acceptors (Lipinski definition) is 2. The zero-order valence-electron chi connectivity index (χ0n) is 7.89. The van der Waals surface area contributed by atoms with E-state index in [1.807, 2.05) is 27.7 Å². The highest BCUT2D eigenvalue weighted by atomic mass is 79.9. The van der Waals surface area contributed by atoms with Gasteiger partial charge in [-0.1, -0.05) is 15.9 Å². The summed E-state index contributed by atoms with van der Waals surface area (Å²) >= 11 is 3.36. The lowest BCUT2D eigenvalue weighted by Crippen LogP contribution is -1.97. The van der Waals surface area contributed by atoms with Crippen molar-refractivity contribution < 1.29 is 0 Å². The average molecular weight is 255 g/mol. The summed E-state index contributed by atoms with van der Waals surface area (Å²) in [5, 5.41) is 5.14. The molecule has 74 valence electrons. The molecule has 0 unspecified atom stereocenters. The molecule has 0 saturated heterocycles. The summed E-state index contributed by atoms with van der Waals surface area (Å²) in [6.45, 7) is 2.95. The zero-order chi connectivity index (χ0) is 9.97. The fraction of sp³-hybridized carbons (Fsp3) is 0.333. The molecule has 0 aliphatic carbocycles. The first-order chi connectivity index (χ1) is 6.83. The number of imidazole rings is 1. The fourth-order valence-corrected chi connectivity index (χ4v) is 1.51. The Bertz CT molecular complexity index is 378. The van der Waals surface area contributed by atoms with Gasteiger partial charge >= 0.3 is 0 Å². The summed E-state index contributed by atoms with van der Waals surface area (Å²) in [6, 6.07) is 1.98. The molecule has 0 N–H and O–H groups in total. The van der Waals surface area contributed by atoms with E-state index in [-0.39, 0.29) is 0 Å². The molecule has 0 spiro atoms. The van der Waals surface area contributed by atoms with Gasteiger partial charge in [-0.25, -0.2) is 4.98 Å². The van der Waals surface area contributed by atoms with Gasteiger partial charge in [-0.15, -0.1) is 0 Å². The molecule has 0 amide bonds. The maximum Gasteiger partial charge on any atom is 0.159 e. The van der Waals surface area contributed by atoms with E-state index in [9.17, 15) is 0 Å². The number of hydrogen-bond donors (Lipinski definition) is 0. The SMILES string of the molecule is CCn1ccc(-n2cnc(CBr)c2)n1. The van der Waals surface area contributed by atoms with Crippen molar-refractivity contribution in [1.29, 1.82) is 0 Å². The molecule has 2 aromatic rings. The third-order valence-electron chi connectivity index (χ3n) is 1.99. The third kappa shape index (κ3) is 1.72. The van der Waals surface area contributed by atoms with E-state index in [1.54, 1.807) is 6.33 Å². The van der Waals surface area contributed by atoms with E-state index in [1.165, 1.54) is 0 Å². The first-order valence-electron chi connectivity index (χ1n) is 4.46. The standard InChI is InChI=1S/C9H11BrN4/c1-2-14-4-3-9(12-14)13-6-8(5-10)11-7-13/h3-4,6-7H,2,5H2,1H3. The first kappa shape index (κ1) is 9.45. The minimum Gasteiger partial charge on any atom is -0.289 e. The van der Waals surface area contributed by atoms with E-state index in [0.29, 0.717) is 0 Å². The van der Waals surface area contributed by atoms with Crippen molar-refractivity contribution >= 4 is 15.9 Å². The van der Waals surface area contributed by atoms with Gasteiger partial charge in [0.25, 0.3) is 0 Å². The molecular weight excluding hydrogens is 244 g/mol. The summed E-state index contributed by atoms with van der Waals surface area (Å²) in [7, 11) is 0. The molecule has 0 aliphatic rings. The highest BCUT2D eigenvalue weighted by Crippen LogP contribution is 2.07. The molecule has 0 aromatic carbocycles. The van der Waals surface area contributed by atoms with Crippen LogP contribution in [-0.2, 0) is 11.9 Å². The van der Waals surface area contributed by atoms with Crippen molar-refractivity contribution in [2.75, 3.05) is 0 Å². The van der Waals surface area contributed by atoms with Crippen LogP contribution >= 0.6 is 15.9 Å². The van der Waals surface area contributed by atoms with Crippen LogP contribution in [0.5, 0.6) is 0 Å². The summed E-state index contributed by atoms with van der Waals surface area (Å²) in [5.74, 6) is 0.909. The van der Waals surface area contributed by atoms with Crippen molar-refractivity contribution in [2.45, 2.75) is 18.8 Å². The largest absolute Gasteiger partial charge is 0.289 e. The van der Waals surface area contributed by atoms with Crippen LogP contribution in [0.25, 0.3) is 5.82 Å². The summed E-state index contributed by atoms with van der Waals surface area (Å²) in [6.07, 6.45) is 5.71. The highest BCUT2D eigenvalue weighted by molar-refractivity contribution is 9.08. The van der Waals surface area contributed by atoms with Crippen LogP contribution in [0.2, 0.25) is 0 Å². The van der Waals surface area contributed by atoms with Gasteiger partial charge < -0.3 is 0 Å². The van der Waals surface area contributed by atoms with Gasteiger partial charge in [0.2, 0.25) is 0 Å². The Labute approximate surface area is 90.7 Å². The summed E-state index contributed by atoms with van der Waals surface area (Å²) < 4.78 is 3.81. The number of aromatic nitrogens is 4. The minimum atomic E-state index is 0.772. The lowest BCUT2D eigenvalue weighted by molar-refractivity contribution is 0.652. The molecule has 2 rings (SSSR count). The van der Waals surface area contributed by atoms with Gasteiger partial charge in [-0.05, 0) is 6.92 Å². The first-order valence-corrected chi connectivity index (χ1v) is 5.58. The maximum atomic E-state index is 4.37. The van der Waals surface area contributed by atoms with Crippen molar-refractivity contribution in [3.05, 3.63) is 30.5 Å². The zero-order valence-corrected chi connectivity index (χ0v) is 9.48. The van der Waals surface area contributed by atoms with Crippen LogP contribution in [0.1, 0.15) is 12.6 Å². The highest BCUT2D eigenvalue weighted by Gasteiger charge is 2.02. The van der Waals surface area contributed by atoms with Crippen molar-refractivity contribution in [3.8, 4) is 5.82 Å². The topological polar surface area (TPSA) is 35.6 Å². The predicted molar refractivity (Wildman–Crippen MR) is 57.7 cm³/mol. The number of alkyl halides is 1. The Morgan fingerprint density at radius 2 is 2.36 bits per heavy atom. The smallest absolute Gasteiger partial charge is 0.159 e. The van der Waals surface area contributed by atoms with Gasteiger partial charge in [0.05, 0.1) is 5.69 Å². The maximum absolute atomic E-state index is 4.37. The van der Waals surface area contributed by atoms with E-state index in [0.717, 1.165) is 23.4 Å². The molecule has 0 aliphatic heterocycles. The molecule has 14 heavy (non-hydrogen) atoms. The lowest BCUT2D eigenvalue weighted by atomic mass is 10.5. The average Bonchev–Trinajstić information content (AvgIpc) is 2.86. The van der Waals surface area contributed by atoms with Gasteiger partial charge in [0.1, 0.15) is 6.33 Å². The molecule has 0 atom stereocenters. The molecule has 4 nitrogen and oxygen atoms in total. The molecule has 0 saturated carbocycles. The van der Waals surface area contributed by atoms with Crippen LogP contribution in [0.15, 0.2) is 24.8 Å². The van der Waals surface area contributed by atoms with E-state index < -0.39 is 0 Å². The molecule has 5 heteroatoms. The van der Waals surface area contributed by atoms with Crippen LogP contribution in [0.3, 0.4) is 0 Å². The molecule has 0 radical (unpaired) electrons. The van der Waals surface area contributed by atoms with Gasteiger partial charge in [-0.3, -0.25) is 9.25 Å². The van der Waals surface area contributed by atoms with Crippen LogP contribution in [0, 0.1) is 0 Å². The molecule has 0 fully saturated rings. The van der Waals surface area contributed by atoms with Crippen molar-refractivity contribution in [1.82, 2.24) is 19.3 Å². The van der Waals surface area contributed by atoms with Crippen LogP contribution in [0.4, 0.5) is 0 Å². The Balaban J connectivity index is 2.29. The quantitative estimate of drug-likeness (QED) is 0.786. The van der Waals surface area contributed by atoms with Gasteiger partial charge in [-0.2, -0.15) is 5.10 Å². The second-order valence-corrected chi connectivity index (χ2v) is 3.50. The predicted octanol–water partition coefficient (Wildman–Crippen LogP) is 1.98. The molecule has 2 aromatic heterocycles. The fourth-order valence-electron chi connectivity index (χ4n) is 1.22. The monoisotopic (exact) mass is 254 g/mol. The Kier molecular flexibility index (Phi) is 2.67. The van der Waals surface area contributed by atoms with Gasteiger partial charge in [0.15, 0.2) is 5.82 Å². The number of aryl methyl sites for hydroxylation is 1. The second-order valence-electron chi connectivity index (χ2n) is 2.94. The number of halogens is 1. The molecule has 0 bridgehead atoms. The minimum absolute atomic E-state index is 0.772. The van der Waals surface area contributed by atoms with E-state index in [2.05, 4.69) is 32.9 Å². The Hall–Kier alpha value is -1.10. The van der Waals surface area contributed by atoms with E-state index >= 15 is 0 Å². The second kappa shape index (κ2) is 3.96. The van der Waals surface area contributed by atoms with Crippen LogP contribution in [-0.4, -0.2) is 19.3 Å². The molecule has 2 heterocycles. The molecular formula is C9H11BrN4. The summed E-state index contributed by atoms with van der Waals surface area (Å²) in [5.41, 5.74) is 1.01. The Morgan fingerprint density at radius 3 is 2.93 bits per heavy atom. The lowest BCUT2D eigenvalue weighted by Gasteiger charge is -1.95. The summed E-state index contributed by atoms with van der Waals surface area (Å²) in [4.78, 5) is 4.21.